The molecule has 1 aromatic rings. The first-order valence-corrected chi connectivity index (χ1v) is 13.3. The van der Waals surface area contributed by atoms with Crippen LogP contribution in [0.4, 0.5) is 0 Å². The summed E-state index contributed by atoms with van der Waals surface area (Å²) in [5.74, 6) is 2.96. The second-order valence-corrected chi connectivity index (χ2v) is 12.2. The smallest absolute Gasteiger partial charge is 0.222 e. The molecule has 1 aromatic carbocycles. The molecule has 1 N–H and O–H groups in total. The van der Waals surface area contributed by atoms with E-state index in [1.807, 2.05) is 13.1 Å². The van der Waals surface area contributed by atoms with Crippen molar-refractivity contribution in [3.05, 3.63) is 35.9 Å². The number of amides is 2. The monoisotopic (exact) mass is 450 g/mol. The van der Waals surface area contributed by atoms with Crippen molar-refractivity contribution in [2.45, 2.75) is 96.6 Å². The van der Waals surface area contributed by atoms with Crippen molar-refractivity contribution in [3.8, 4) is 0 Å². The fraction of sp³-hybridized carbons (Fsp3) is 0.724. The van der Waals surface area contributed by atoms with Gasteiger partial charge in [-0.15, -0.1) is 0 Å². The van der Waals surface area contributed by atoms with Gasteiger partial charge in [0.25, 0.3) is 0 Å². The fourth-order valence-corrected chi connectivity index (χ4v) is 8.82. The molecule has 0 radical (unpaired) electrons. The van der Waals surface area contributed by atoms with Gasteiger partial charge in [0.1, 0.15) is 0 Å². The molecule has 8 atom stereocenters. The predicted octanol–water partition coefficient (Wildman–Crippen LogP) is 5.53. The highest BCUT2D eigenvalue weighted by atomic mass is 16.2. The molecule has 1 saturated heterocycles. The van der Waals surface area contributed by atoms with Gasteiger partial charge in [-0.2, -0.15) is 0 Å². The Labute approximate surface area is 199 Å². The van der Waals surface area contributed by atoms with Crippen LogP contribution in [-0.2, 0) is 9.59 Å². The molecule has 4 nitrogen and oxygen atoms in total. The van der Waals surface area contributed by atoms with Gasteiger partial charge in [0.05, 0.1) is 0 Å². The van der Waals surface area contributed by atoms with Crippen LogP contribution < -0.4 is 5.32 Å². The van der Waals surface area contributed by atoms with E-state index in [0.29, 0.717) is 36.8 Å². The molecule has 4 aliphatic rings. The molecular formula is C29H42N2O2. The molecule has 1 aliphatic heterocycles. The molecule has 5 rings (SSSR count). The number of carbonyl (C=O) groups excluding carboxylic acids is 2. The first kappa shape index (κ1) is 22.9. The van der Waals surface area contributed by atoms with Gasteiger partial charge in [-0.3, -0.25) is 9.59 Å². The van der Waals surface area contributed by atoms with Gasteiger partial charge in [-0.1, -0.05) is 51.1 Å². The standard InChI is InChI=1S/C29H42N2O2/c1-19(20-8-6-5-7-9-20)18-26(32)30-24-12-11-22-21-10-13-25-29(3,17-15-27(33)31(25)4)23(21)14-16-28(22,24)2/h5-9,19,21-25H,10-18H2,1-4H3,(H,30,32)/t19?,21-,22-,23+,24?,25?,28-,29+/m0/s1. The number of piperidine rings is 1. The van der Waals surface area contributed by atoms with Crippen LogP contribution in [-0.4, -0.2) is 35.8 Å². The number of likely N-dealkylation sites (tertiary alicyclic amines) is 1. The fourth-order valence-electron chi connectivity index (χ4n) is 8.82. The number of fused-ring (bicyclic) bond motifs is 5. The highest BCUT2D eigenvalue weighted by molar-refractivity contribution is 5.78. The lowest BCUT2D eigenvalue weighted by atomic mass is 9.47. The number of rotatable bonds is 4. The van der Waals surface area contributed by atoms with Gasteiger partial charge in [0.15, 0.2) is 0 Å². The van der Waals surface area contributed by atoms with Crippen molar-refractivity contribution < 1.29 is 9.59 Å². The molecule has 3 saturated carbocycles. The predicted molar refractivity (Wildman–Crippen MR) is 132 cm³/mol. The Morgan fingerprint density at radius 1 is 1.03 bits per heavy atom. The van der Waals surface area contributed by atoms with Crippen molar-refractivity contribution in [1.82, 2.24) is 10.2 Å². The van der Waals surface area contributed by atoms with Crippen LogP contribution in [0.5, 0.6) is 0 Å². The third-order valence-electron chi connectivity index (χ3n) is 10.8. The van der Waals surface area contributed by atoms with E-state index in [1.54, 1.807) is 0 Å². The van der Waals surface area contributed by atoms with Gasteiger partial charge >= 0.3 is 0 Å². The van der Waals surface area contributed by atoms with Crippen LogP contribution in [0, 0.1) is 28.6 Å². The molecule has 0 spiro atoms. The molecule has 4 fully saturated rings. The van der Waals surface area contributed by atoms with Crippen molar-refractivity contribution in [2.24, 2.45) is 28.6 Å². The Hall–Kier alpha value is -1.84. The number of hydrogen-bond acceptors (Lipinski definition) is 2. The van der Waals surface area contributed by atoms with Crippen molar-refractivity contribution in [1.29, 1.82) is 0 Å². The first-order chi connectivity index (χ1) is 15.7. The lowest BCUT2D eigenvalue weighted by Crippen LogP contribution is -2.62. The highest BCUT2D eigenvalue weighted by Crippen LogP contribution is 2.64. The lowest BCUT2D eigenvalue weighted by molar-refractivity contribution is -0.157. The van der Waals surface area contributed by atoms with E-state index in [-0.39, 0.29) is 22.7 Å². The summed E-state index contributed by atoms with van der Waals surface area (Å²) in [7, 11) is 2.04. The maximum Gasteiger partial charge on any atom is 0.222 e. The molecular weight excluding hydrogens is 408 g/mol. The van der Waals surface area contributed by atoms with Gasteiger partial charge in [-0.25, -0.2) is 0 Å². The highest BCUT2D eigenvalue weighted by Gasteiger charge is 2.61. The van der Waals surface area contributed by atoms with Crippen LogP contribution in [0.1, 0.15) is 90.0 Å². The Morgan fingerprint density at radius 2 is 1.76 bits per heavy atom. The second-order valence-electron chi connectivity index (χ2n) is 12.2. The van der Waals surface area contributed by atoms with Gasteiger partial charge in [0.2, 0.25) is 11.8 Å². The van der Waals surface area contributed by atoms with Crippen LogP contribution in [0.15, 0.2) is 30.3 Å². The molecule has 1 heterocycles. The topological polar surface area (TPSA) is 49.4 Å². The minimum absolute atomic E-state index is 0.212. The van der Waals surface area contributed by atoms with Crippen LogP contribution in [0.25, 0.3) is 0 Å². The van der Waals surface area contributed by atoms with Gasteiger partial charge < -0.3 is 10.2 Å². The second kappa shape index (κ2) is 8.43. The van der Waals surface area contributed by atoms with E-state index >= 15 is 0 Å². The van der Waals surface area contributed by atoms with Crippen LogP contribution in [0.3, 0.4) is 0 Å². The Kier molecular flexibility index (Phi) is 5.86. The van der Waals surface area contributed by atoms with Crippen molar-refractivity contribution in [3.63, 3.8) is 0 Å². The zero-order valence-corrected chi connectivity index (χ0v) is 21.0. The average molecular weight is 451 g/mol. The van der Waals surface area contributed by atoms with Gasteiger partial charge in [0, 0.05) is 32.0 Å². The Morgan fingerprint density at radius 3 is 2.52 bits per heavy atom. The molecule has 0 bridgehead atoms. The van der Waals surface area contributed by atoms with Crippen molar-refractivity contribution in [2.75, 3.05) is 7.05 Å². The SMILES string of the molecule is CC(CC(=O)NC1CC[C@H]2[C@@H]3CCC4N(C)C(=O)CC[C@]4(C)[C@@H]3CC[C@]12C)c1ccccc1. The third-order valence-corrected chi connectivity index (χ3v) is 10.8. The van der Waals surface area contributed by atoms with E-state index in [0.717, 1.165) is 31.1 Å². The minimum atomic E-state index is 0.212. The molecule has 2 amide bonds. The van der Waals surface area contributed by atoms with Crippen LogP contribution >= 0.6 is 0 Å². The van der Waals surface area contributed by atoms with Crippen molar-refractivity contribution >= 4 is 11.8 Å². The minimum Gasteiger partial charge on any atom is -0.353 e. The van der Waals surface area contributed by atoms with E-state index in [9.17, 15) is 9.59 Å². The number of hydrogen-bond donors (Lipinski definition) is 1. The number of carbonyl (C=O) groups is 2. The Balaban J connectivity index is 1.27. The third kappa shape index (κ3) is 3.72. The summed E-state index contributed by atoms with van der Waals surface area (Å²) in [5.41, 5.74) is 1.72. The maximum absolute atomic E-state index is 13.0. The normalized spacial score (nSPS) is 41.0. The number of benzene rings is 1. The zero-order chi connectivity index (χ0) is 23.4. The number of nitrogens with zero attached hydrogens (tertiary/aromatic N) is 1. The van der Waals surface area contributed by atoms with Gasteiger partial charge in [-0.05, 0) is 85.0 Å². The molecule has 4 heteroatoms. The Bertz CT molecular complexity index is 900. The number of nitrogens with one attached hydrogen (secondary N) is 1. The average Bonchev–Trinajstić information content (AvgIpc) is 3.13. The quantitative estimate of drug-likeness (QED) is 0.656. The largest absolute Gasteiger partial charge is 0.353 e. The molecule has 33 heavy (non-hydrogen) atoms. The first-order valence-electron chi connectivity index (χ1n) is 13.3. The zero-order valence-electron chi connectivity index (χ0n) is 21.0. The van der Waals surface area contributed by atoms with E-state index in [1.165, 1.54) is 31.2 Å². The molecule has 180 valence electrons. The van der Waals surface area contributed by atoms with E-state index in [2.05, 4.69) is 55.3 Å². The summed E-state index contributed by atoms with van der Waals surface area (Å²) in [6.07, 6.45) is 9.55. The maximum atomic E-state index is 13.0. The molecule has 3 aliphatic carbocycles. The van der Waals surface area contributed by atoms with Crippen LogP contribution in [0.2, 0.25) is 0 Å². The summed E-state index contributed by atoms with van der Waals surface area (Å²) in [5, 5.41) is 3.50. The summed E-state index contributed by atoms with van der Waals surface area (Å²) in [6.45, 7) is 7.11. The molecule has 0 aromatic heterocycles. The van der Waals surface area contributed by atoms with E-state index in [4.69, 9.17) is 0 Å². The van der Waals surface area contributed by atoms with E-state index < -0.39 is 0 Å². The summed E-state index contributed by atoms with van der Waals surface area (Å²) < 4.78 is 0. The summed E-state index contributed by atoms with van der Waals surface area (Å²) >= 11 is 0. The summed E-state index contributed by atoms with van der Waals surface area (Å²) in [6, 6.07) is 11.1. The lowest BCUT2D eigenvalue weighted by Gasteiger charge is -2.61. The summed E-state index contributed by atoms with van der Waals surface area (Å²) in [4.78, 5) is 27.5. The molecule has 3 unspecified atom stereocenters.